The maximum Gasteiger partial charge on any atom is 0.0979 e. The van der Waals surface area contributed by atoms with E-state index >= 15 is 0 Å². The fraction of sp³-hybridized carbons (Fsp3) is 0. The van der Waals surface area contributed by atoms with Crippen molar-refractivity contribution >= 4 is 32.6 Å². The fourth-order valence-corrected chi connectivity index (χ4v) is 5.91. The molecule has 0 amide bonds. The van der Waals surface area contributed by atoms with E-state index in [9.17, 15) is 0 Å². The molecule has 1 aromatic heterocycles. The van der Waals surface area contributed by atoms with Gasteiger partial charge in [-0.2, -0.15) is 0 Å². The number of rotatable bonds is 4. The Morgan fingerprint density at radius 3 is 1.10 bits per heavy atom. The van der Waals surface area contributed by atoms with Gasteiger partial charge in [-0.3, -0.25) is 0 Å². The molecule has 2 heteroatoms. The van der Waals surface area contributed by atoms with Gasteiger partial charge >= 0.3 is 0 Å². The Morgan fingerprint density at radius 1 is 0.286 bits per heavy atom. The van der Waals surface area contributed by atoms with Crippen LogP contribution in [0.1, 0.15) is 0 Å². The van der Waals surface area contributed by atoms with Crippen molar-refractivity contribution in [2.45, 2.75) is 0 Å². The van der Waals surface area contributed by atoms with Crippen LogP contribution in [0.2, 0.25) is 0 Å². The molecule has 0 saturated heterocycles. The van der Waals surface area contributed by atoms with Crippen LogP contribution in [0.4, 0.5) is 0 Å². The van der Waals surface area contributed by atoms with E-state index in [4.69, 9.17) is 9.97 Å². The predicted octanol–water partition coefficient (Wildman–Crippen LogP) is 10.6. The maximum absolute atomic E-state index is 5.51. The monoisotopic (exact) mass is 534 g/mol. The Labute approximate surface area is 244 Å². The van der Waals surface area contributed by atoms with E-state index in [-0.39, 0.29) is 0 Å². The maximum atomic E-state index is 5.51. The van der Waals surface area contributed by atoms with Crippen LogP contribution < -0.4 is 0 Å². The highest BCUT2D eigenvalue weighted by Crippen LogP contribution is 2.39. The van der Waals surface area contributed by atoms with Gasteiger partial charge in [0, 0.05) is 22.3 Å². The standard InChI is InChI=1S/C40H26N2/c1-3-13-29(14-4-1)35-23-24-36(30-15-5-2-6-16-30)40-39(35)41-37(33-21-19-27-11-7-9-17-31(27)25-33)38(42-40)34-22-20-28-12-8-10-18-32(28)26-34/h1-26H. The summed E-state index contributed by atoms with van der Waals surface area (Å²) in [6.07, 6.45) is 0. The number of nitrogens with zero attached hydrogens (tertiary/aromatic N) is 2. The summed E-state index contributed by atoms with van der Waals surface area (Å²) in [5.74, 6) is 0. The molecule has 0 aliphatic carbocycles. The van der Waals surface area contributed by atoms with Gasteiger partial charge < -0.3 is 0 Å². The van der Waals surface area contributed by atoms with Crippen molar-refractivity contribution in [2.24, 2.45) is 0 Å². The molecule has 0 saturated carbocycles. The van der Waals surface area contributed by atoms with Crippen molar-refractivity contribution in [3.63, 3.8) is 0 Å². The highest BCUT2D eigenvalue weighted by molar-refractivity contribution is 6.03. The van der Waals surface area contributed by atoms with Gasteiger partial charge in [0.05, 0.1) is 22.4 Å². The summed E-state index contributed by atoms with van der Waals surface area (Å²) < 4.78 is 0. The second-order valence-corrected chi connectivity index (χ2v) is 10.6. The highest BCUT2D eigenvalue weighted by atomic mass is 14.8. The second kappa shape index (κ2) is 10.1. The van der Waals surface area contributed by atoms with Gasteiger partial charge in [-0.1, -0.05) is 146 Å². The molecule has 42 heavy (non-hydrogen) atoms. The van der Waals surface area contributed by atoms with Crippen LogP contribution >= 0.6 is 0 Å². The largest absolute Gasteiger partial charge is 0.243 e. The zero-order chi connectivity index (χ0) is 27.9. The van der Waals surface area contributed by atoms with Crippen LogP contribution in [-0.4, -0.2) is 9.97 Å². The molecule has 8 rings (SSSR count). The van der Waals surface area contributed by atoms with Gasteiger partial charge in [-0.15, -0.1) is 0 Å². The molecule has 7 aromatic carbocycles. The van der Waals surface area contributed by atoms with Gasteiger partial charge in [0.15, 0.2) is 0 Å². The van der Waals surface area contributed by atoms with Crippen LogP contribution in [0.25, 0.3) is 77.3 Å². The number of hydrogen-bond acceptors (Lipinski definition) is 2. The smallest absolute Gasteiger partial charge is 0.0979 e. The lowest BCUT2D eigenvalue weighted by molar-refractivity contribution is 1.30. The van der Waals surface area contributed by atoms with E-state index in [1.807, 2.05) is 12.1 Å². The highest BCUT2D eigenvalue weighted by Gasteiger charge is 2.19. The molecule has 0 bridgehead atoms. The summed E-state index contributed by atoms with van der Waals surface area (Å²) in [5, 5.41) is 4.78. The first-order valence-electron chi connectivity index (χ1n) is 14.3. The minimum absolute atomic E-state index is 0.880. The van der Waals surface area contributed by atoms with Crippen LogP contribution in [0.15, 0.2) is 158 Å². The molecule has 2 nitrogen and oxygen atoms in total. The Bertz CT molecular complexity index is 2070. The van der Waals surface area contributed by atoms with Gasteiger partial charge in [0.2, 0.25) is 0 Å². The molecular weight excluding hydrogens is 508 g/mol. The first-order valence-corrected chi connectivity index (χ1v) is 14.3. The topological polar surface area (TPSA) is 25.8 Å². The van der Waals surface area contributed by atoms with E-state index in [2.05, 4.69) is 146 Å². The van der Waals surface area contributed by atoms with E-state index < -0.39 is 0 Å². The fourth-order valence-electron chi connectivity index (χ4n) is 5.91. The number of aromatic nitrogens is 2. The van der Waals surface area contributed by atoms with Gasteiger partial charge in [0.25, 0.3) is 0 Å². The van der Waals surface area contributed by atoms with E-state index in [0.717, 1.165) is 55.8 Å². The number of fused-ring (bicyclic) bond motifs is 3. The van der Waals surface area contributed by atoms with Crippen molar-refractivity contribution in [3.05, 3.63) is 158 Å². The van der Waals surface area contributed by atoms with E-state index in [1.54, 1.807) is 0 Å². The lowest BCUT2D eigenvalue weighted by Gasteiger charge is -2.16. The van der Waals surface area contributed by atoms with Crippen LogP contribution in [0.5, 0.6) is 0 Å². The Hall–Kier alpha value is -5.60. The average Bonchev–Trinajstić information content (AvgIpc) is 3.07. The Kier molecular flexibility index (Phi) is 5.82. The third-order valence-corrected chi connectivity index (χ3v) is 8.04. The van der Waals surface area contributed by atoms with Crippen molar-refractivity contribution in [2.75, 3.05) is 0 Å². The zero-order valence-electron chi connectivity index (χ0n) is 22.9. The van der Waals surface area contributed by atoms with Gasteiger partial charge in [-0.25, -0.2) is 9.97 Å². The molecule has 0 radical (unpaired) electrons. The summed E-state index contributed by atoms with van der Waals surface area (Å²) in [5.41, 5.74) is 10.1. The Morgan fingerprint density at radius 2 is 0.667 bits per heavy atom. The Balaban J connectivity index is 1.48. The third-order valence-electron chi connectivity index (χ3n) is 8.04. The van der Waals surface area contributed by atoms with Crippen molar-refractivity contribution in [1.82, 2.24) is 9.97 Å². The van der Waals surface area contributed by atoms with Crippen molar-refractivity contribution in [1.29, 1.82) is 0 Å². The van der Waals surface area contributed by atoms with Gasteiger partial charge in [-0.05, 0) is 44.8 Å². The minimum Gasteiger partial charge on any atom is -0.243 e. The van der Waals surface area contributed by atoms with Crippen molar-refractivity contribution in [3.8, 4) is 44.8 Å². The molecular formula is C40H26N2. The quantitative estimate of drug-likeness (QED) is 0.224. The third kappa shape index (κ3) is 4.22. The number of hydrogen-bond donors (Lipinski definition) is 0. The average molecular weight is 535 g/mol. The molecule has 0 aliphatic rings. The summed E-state index contributed by atoms with van der Waals surface area (Å²) in [7, 11) is 0. The van der Waals surface area contributed by atoms with E-state index in [0.29, 0.717) is 0 Å². The first kappa shape index (κ1) is 24.2. The summed E-state index contributed by atoms with van der Waals surface area (Å²) in [6.45, 7) is 0. The minimum atomic E-state index is 0.880. The van der Waals surface area contributed by atoms with E-state index in [1.165, 1.54) is 21.5 Å². The van der Waals surface area contributed by atoms with Crippen LogP contribution in [-0.2, 0) is 0 Å². The summed E-state index contributed by atoms with van der Waals surface area (Å²) in [4.78, 5) is 11.0. The molecule has 0 atom stereocenters. The second-order valence-electron chi connectivity index (χ2n) is 10.6. The van der Waals surface area contributed by atoms with Gasteiger partial charge in [0.1, 0.15) is 0 Å². The molecule has 196 valence electrons. The SMILES string of the molecule is c1ccc(-c2ccc(-c3ccccc3)c3nc(-c4ccc5ccccc5c4)c(-c4ccc5ccccc5c4)nc23)cc1. The predicted molar refractivity (Wildman–Crippen MR) is 176 cm³/mol. The molecule has 1 heterocycles. The molecule has 0 spiro atoms. The molecule has 0 fully saturated rings. The zero-order valence-corrected chi connectivity index (χ0v) is 22.9. The summed E-state index contributed by atoms with van der Waals surface area (Å²) in [6, 6.07) is 55.5. The lowest BCUT2D eigenvalue weighted by Crippen LogP contribution is -1.99. The van der Waals surface area contributed by atoms with Crippen molar-refractivity contribution < 1.29 is 0 Å². The molecule has 8 aromatic rings. The van der Waals surface area contributed by atoms with Crippen LogP contribution in [0.3, 0.4) is 0 Å². The van der Waals surface area contributed by atoms with Crippen LogP contribution in [0, 0.1) is 0 Å². The first-order chi connectivity index (χ1) is 20.8. The molecule has 0 aliphatic heterocycles. The molecule has 0 N–H and O–H groups in total. The summed E-state index contributed by atoms with van der Waals surface area (Å²) >= 11 is 0. The molecule has 0 unspecified atom stereocenters. The lowest BCUT2D eigenvalue weighted by atomic mass is 9.95. The normalized spacial score (nSPS) is 11.3. The number of benzene rings is 7.